The van der Waals surface area contributed by atoms with E-state index in [0.717, 1.165) is 42.1 Å². The van der Waals surface area contributed by atoms with E-state index in [2.05, 4.69) is 43.4 Å². The van der Waals surface area contributed by atoms with Gasteiger partial charge in [0.2, 0.25) is 0 Å². The number of nitrogens with zero attached hydrogens (tertiary/aromatic N) is 3. The number of hydrogen-bond acceptors (Lipinski definition) is 4. The molecule has 0 radical (unpaired) electrons. The zero-order valence-corrected chi connectivity index (χ0v) is 14.5. The van der Waals surface area contributed by atoms with Gasteiger partial charge in [-0.2, -0.15) is 0 Å². The second-order valence-corrected chi connectivity index (χ2v) is 6.81. The van der Waals surface area contributed by atoms with Crippen molar-refractivity contribution < 1.29 is 0 Å². The molecule has 7 heteroatoms. The Morgan fingerprint density at radius 2 is 2.12 bits per heavy atom. The topological polar surface area (TPSA) is 69.2 Å². The first kappa shape index (κ1) is 15.3. The molecule has 0 spiro atoms. The number of fused-ring (bicyclic) bond motifs is 2. The van der Waals surface area contributed by atoms with Crippen LogP contribution in [0.4, 0.5) is 0 Å². The fourth-order valence-corrected chi connectivity index (χ4v) is 3.58. The van der Waals surface area contributed by atoms with Gasteiger partial charge in [-0.15, -0.1) is 0 Å². The molecule has 1 aliphatic heterocycles. The SMILES string of the molecule is Cc1ccc2nc(C)c(CN3CCc4[nH]c(=S)[nH]c(=O)c4C3)n2c1. The summed E-state index contributed by atoms with van der Waals surface area (Å²) in [6, 6.07) is 4.12. The highest BCUT2D eigenvalue weighted by Crippen LogP contribution is 2.19. The number of rotatable bonds is 2. The fourth-order valence-electron chi connectivity index (χ4n) is 3.37. The molecule has 0 atom stereocenters. The number of aromatic nitrogens is 4. The van der Waals surface area contributed by atoms with Crippen molar-refractivity contribution in [2.75, 3.05) is 6.54 Å². The highest BCUT2D eigenvalue weighted by Gasteiger charge is 2.21. The molecule has 124 valence electrons. The van der Waals surface area contributed by atoms with Crippen LogP contribution in [0.3, 0.4) is 0 Å². The molecule has 0 unspecified atom stereocenters. The van der Waals surface area contributed by atoms with Crippen LogP contribution < -0.4 is 5.56 Å². The van der Waals surface area contributed by atoms with Crippen molar-refractivity contribution in [3.63, 3.8) is 0 Å². The number of H-pyrrole nitrogens is 2. The molecule has 4 rings (SSSR count). The van der Waals surface area contributed by atoms with E-state index in [9.17, 15) is 4.79 Å². The summed E-state index contributed by atoms with van der Waals surface area (Å²) < 4.78 is 2.56. The second-order valence-electron chi connectivity index (χ2n) is 6.40. The van der Waals surface area contributed by atoms with Crippen LogP contribution in [-0.4, -0.2) is 30.8 Å². The first-order valence-electron chi connectivity index (χ1n) is 8.02. The summed E-state index contributed by atoms with van der Waals surface area (Å²) in [5, 5.41) is 0. The van der Waals surface area contributed by atoms with E-state index < -0.39 is 0 Å². The van der Waals surface area contributed by atoms with E-state index in [0.29, 0.717) is 11.3 Å². The largest absolute Gasteiger partial charge is 0.335 e. The summed E-state index contributed by atoms with van der Waals surface area (Å²) >= 11 is 5.05. The Hall–Kier alpha value is -2.25. The van der Waals surface area contributed by atoms with Crippen molar-refractivity contribution in [2.24, 2.45) is 0 Å². The molecule has 0 amide bonds. The van der Waals surface area contributed by atoms with Gasteiger partial charge < -0.3 is 9.38 Å². The Labute approximate surface area is 144 Å². The van der Waals surface area contributed by atoms with Gasteiger partial charge in [-0.25, -0.2) is 4.98 Å². The molecule has 0 saturated heterocycles. The van der Waals surface area contributed by atoms with Crippen LogP contribution >= 0.6 is 12.2 Å². The third-order valence-corrected chi connectivity index (χ3v) is 4.83. The minimum atomic E-state index is -0.0795. The van der Waals surface area contributed by atoms with Crippen molar-refractivity contribution in [1.29, 1.82) is 0 Å². The van der Waals surface area contributed by atoms with E-state index in [-0.39, 0.29) is 5.56 Å². The standard InChI is InChI=1S/C17H19N5OS/c1-10-3-4-15-18-11(2)14(22(15)7-10)9-21-6-5-13-12(8-21)16(23)20-17(24)19-13/h3-4,7H,5-6,8-9H2,1-2H3,(H2,19,20,23,24). The monoisotopic (exact) mass is 341 g/mol. The molecule has 2 N–H and O–H groups in total. The lowest BCUT2D eigenvalue weighted by Gasteiger charge is -2.27. The van der Waals surface area contributed by atoms with Gasteiger partial charge in [-0.05, 0) is 37.7 Å². The molecule has 24 heavy (non-hydrogen) atoms. The lowest BCUT2D eigenvalue weighted by molar-refractivity contribution is 0.237. The third-order valence-electron chi connectivity index (χ3n) is 4.63. The summed E-state index contributed by atoms with van der Waals surface area (Å²) in [7, 11) is 0. The van der Waals surface area contributed by atoms with Crippen LogP contribution in [0.25, 0.3) is 5.65 Å². The maximum absolute atomic E-state index is 12.2. The van der Waals surface area contributed by atoms with Crippen LogP contribution in [0, 0.1) is 18.6 Å². The summed E-state index contributed by atoms with van der Waals surface area (Å²) in [6.07, 6.45) is 2.92. The lowest BCUT2D eigenvalue weighted by Crippen LogP contribution is -2.35. The molecule has 3 aromatic rings. The summed E-state index contributed by atoms with van der Waals surface area (Å²) in [4.78, 5) is 24.9. The molecule has 0 saturated carbocycles. The molecule has 3 aromatic heterocycles. The van der Waals surface area contributed by atoms with Crippen LogP contribution in [-0.2, 0) is 19.5 Å². The highest BCUT2D eigenvalue weighted by molar-refractivity contribution is 7.71. The van der Waals surface area contributed by atoms with Gasteiger partial charge in [0, 0.05) is 37.9 Å². The Balaban J connectivity index is 1.68. The molecule has 0 aromatic carbocycles. The van der Waals surface area contributed by atoms with Gasteiger partial charge >= 0.3 is 0 Å². The molecule has 0 bridgehead atoms. The Kier molecular flexibility index (Phi) is 3.62. The minimum absolute atomic E-state index is 0.0795. The van der Waals surface area contributed by atoms with Crippen molar-refractivity contribution in [3.05, 3.63) is 61.7 Å². The quantitative estimate of drug-likeness (QED) is 0.702. The fraction of sp³-hybridized carbons (Fsp3) is 0.353. The van der Waals surface area contributed by atoms with Crippen molar-refractivity contribution in [2.45, 2.75) is 33.4 Å². The van der Waals surface area contributed by atoms with E-state index in [4.69, 9.17) is 12.2 Å². The first-order valence-corrected chi connectivity index (χ1v) is 8.43. The van der Waals surface area contributed by atoms with Gasteiger partial charge in [0.25, 0.3) is 5.56 Å². The van der Waals surface area contributed by atoms with Gasteiger partial charge in [0.05, 0.1) is 17.0 Å². The maximum Gasteiger partial charge on any atom is 0.256 e. The Morgan fingerprint density at radius 3 is 2.96 bits per heavy atom. The van der Waals surface area contributed by atoms with Crippen molar-refractivity contribution >= 4 is 17.9 Å². The molecule has 6 nitrogen and oxygen atoms in total. The van der Waals surface area contributed by atoms with E-state index in [1.165, 1.54) is 11.3 Å². The van der Waals surface area contributed by atoms with Crippen molar-refractivity contribution in [3.8, 4) is 0 Å². The second kappa shape index (κ2) is 5.68. The van der Waals surface area contributed by atoms with Crippen molar-refractivity contribution in [1.82, 2.24) is 24.3 Å². The highest BCUT2D eigenvalue weighted by atomic mass is 32.1. The summed E-state index contributed by atoms with van der Waals surface area (Å²) in [5.41, 5.74) is 6.05. The molecular formula is C17H19N5OS. The van der Waals surface area contributed by atoms with Crippen LogP contribution in [0.15, 0.2) is 23.1 Å². The third kappa shape index (κ3) is 2.59. The van der Waals surface area contributed by atoms with Crippen LogP contribution in [0.2, 0.25) is 0 Å². The van der Waals surface area contributed by atoms with E-state index >= 15 is 0 Å². The minimum Gasteiger partial charge on any atom is -0.335 e. The van der Waals surface area contributed by atoms with Crippen LogP contribution in [0.5, 0.6) is 0 Å². The Bertz CT molecular complexity index is 1050. The molecule has 0 aliphatic carbocycles. The zero-order valence-electron chi connectivity index (χ0n) is 13.7. The smallest absolute Gasteiger partial charge is 0.256 e. The average molecular weight is 341 g/mol. The van der Waals surface area contributed by atoms with Gasteiger partial charge in [-0.1, -0.05) is 6.07 Å². The Morgan fingerprint density at radius 1 is 1.29 bits per heavy atom. The number of hydrogen-bond donors (Lipinski definition) is 2. The molecule has 1 aliphatic rings. The lowest BCUT2D eigenvalue weighted by atomic mass is 10.1. The average Bonchev–Trinajstić information content (AvgIpc) is 2.83. The molecule has 4 heterocycles. The predicted octanol–water partition coefficient (Wildman–Crippen LogP) is 2.26. The van der Waals surface area contributed by atoms with E-state index in [1.807, 2.05) is 13.0 Å². The predicted molar refractivity (Wildman–Crippen MR) is 94.7 cm³/mol. The number of aromatic amines is 2. The number of imidazole rings is 1. The van der Waals surface area contributed by atoms with Gasteiger partial charge in [0.1, 0.15) is 5.65 Å². The van der Waals surface area contributed by atoms with Crippen LogP contribution in [0.1, 0.15) is 28.2 Å². The zero-order chi connectivity index (χ0) is 16.8. The number of pyridine rings is 1. The summed E-state index contributed by atoms with van der Waals surface area (Å²) in [5.74, 6) is 0. The number of nitrogens with one attached hydrogen (secondary N) is 2. The van der Waals surface area contributed by atoms with Gasteiger partial charge in [-0.3, -0.25) is 14.7 Å². The normalized spacial score (nSPS) is 14.9. The van der Waals surface area contributed by atoms with E-state index in [1.54, 1.807) is 0 Å². The van der Waals surface area contributed by atoms with Gasteiger partial charge in [0.15, 0.2) is 4.77 Å². The maximum atomic E-state index is 12.2. The molecule has 0 fully saturated rings. The molecular weight excluding hydrogens is 322 g/mol. The number of aryl methyl sites for hydroxylation is 2. The first-order chi connectivity index (χ1) is 11.5. The summed E-state index contributed by atoms with van der Waals surface area (Å²) in [6.45, 7) is 6.40.